The molecule has 6 nitrogen and oxygen atoms in total. The zero-order valence-corrected chi connectivity index (χ0v) is 17.2. The number of hydrogen-bond acceptors (Lipinski definition) is 6. The summed E-state index contributed by atoms with van der Waals surface area (Å²) in [6.07, 6.45) is 1.85. The normalized spacial score (nSPS) is 11.0. The molecule has 0 N–H and O–H groups in total. The second kappa shape index (κ2) is 8.45. The van der Waals surface area contributed by atoms with Crippen molar-refractivity contribution in [2.24, 2.45) is 0 Å². The van der Waals surface area contributed by atoms with Gasteiger partial charge in [0.25, 0.3) is 0 Å². The van der Waals surface area contributed by atoms with Crippen molar-refractivity contribution in [2.75, 3.05) is 7.11 Å². The Bertz CT molecular complexity index is 1150. The second-order valence-corrected chi connectivity index (χ2v) is 7.41. The van der Waals surface area contributed by atoms with E-state index in [2.05, 4.69) is 26.3 Å². The lowest BCUT2D eigenvalue weighted by molar-refractivity contribution is 0.415. The largest absolute Gasteiger partial charge is 0.497 e. The highest BCUT2D eigenvalue weighted by Crippen LogP contribution is 2.28. The van der Waals surface area contributed by atoms with Crippen LogP contribution in [-0.2, 0) is 12.3 Å². The van der Waals surface area contributed by atoms with Gasteiger partial charge in [0.2, 0.25) is 0 Å². The van der Waals surface area contributed by atoms with Gasteiger partial charge in [-0.15, -0.1) is 16.8 Å². The molecule has 0 aliphatic heterocycles. The molecule has 0 atom stereocenters. The van der Waals surface area contributed by atoms with Crippen molar-refractivity contribution in [3.63, 3.8) is 0 Å². The fourth-order valence-corrected chi connectivity index (χ4v) is 3.99. The monoisotopic (exact) mass is 403 g/mol. The van der Waals surface area contributed by atoms with Gasteiger partial charge in [0.15, 0.2) is 11.0 Å². The molecule has 0 spiro atoms. The van der Waals surface area contributed by atoms with Crippen LogP contribution in [-0.4, -0.2) is 31.8 Å². The number of para-hydroxylation sites is 2. The summed E-state index contributed by atoms with van der Waals surface area (Å²) in [4.78, 5) is 9.44. The topological polar surface area (TPSA) is 65.7 Å². The van der Waals surface area contributed by atoms with Crippen molar-refractivity contribution >= 4 is 22.8 Å². The minimum atomic E-state index is 0.624. The van der Waals surface area contributed by atoms with Crippen molar-refractivity contribution in [3.8, 4) is 17.1 Å². The molecule has 7 heteroatoms. The molecule has 4 aromatic rings. The van der Waals surface area contributed by atoms with Crippen LogP contribution in [0.15, 0.2) is 66.3 Å². The van der Waals surface area contributed by atoms with Gasteiger partial charge in [-0.05, 0) is 43.3 Å². The minimum Gasteiger partial charge on any atom is -0.497 e. The van der Waals surface area contributed by atoms with Crippen LogP contribution in [0.2, 0.25) is 0 Å². The summed E-state index contributed by atoms with van der Waals surface area (Å²) in [5, 5.41) is 9.65. The zero-order valence-electron chi connectivity index (χ0n) is 16.4. The lowest BCUT2D eigenvalue weighted by Crippen LogP contribution is -2.02. The van der Waals surface area contributed by atoms with Crippen LogP contribution in [0.3, 0.4) is 0 Å². The number of rotatable bonds is 7. The Morgan fingerprint density at radius 2 is 1.76 bits per heavy atom. The highest BCUT2D eigenvalue weighted by molar-refractivity contribution is 7.98. The Kier molecular flexibility index (Phi) is 5.57. The average Bonchev–Trinajstić information content (AvgIpc) is 3.15. The summed E-state index contributed by atoms with van der Waals surface area (Å²) < 4.78 is 7.30. The van der Waals surface area contributed by atoms with Crippen molar-refractivity contribution in [2.45, 2.75) is 24.4 Å². The predicted molar refractivity (Wildman–Crippen MR) is 116 cm³/mol. The molecule has 0 bridgehead atoms. The number of hydrogen-bond donors (Lipinski definition) is 0. The maximum absolute atomic E-state index is 5.24. The maximum Gasteiger partial charge on any atom is 0.192 e. The van der Waals surface area contributed by atoms with E-state index in [4.69, 9.17) is 9.72 Å². The molecule has 2 heterocycles. The van der Waals surface area contributed by atoms with Crippen LogP contribution in [0.5, 0.6) is 5.75 Å². The van der Waals surface area contributed by atoms with Crippen molar-refractivity contribution in [3.05, 3.63) is 72.6 Å². The van der Waals surface area contributed by atoms with Crippen LogP contribution < -0.4 is 4.74 Å². The molecule has 146 valence electrons. The molecule has 0 amide bonds. The van der Waals surface area contributed by atoms with E-state index in [1.807, 2.05) is 61.5 Å². The molecule has 0 saturated heterocycles. The summed E-state index contributed by atoms with van der Waals surface area (Å²) in [7, 11) is 1.65. The predicted octanol–water partition coefficient (Wildman–Crippen LogP) is 4.68. The molecule has 0 fully saturated rings. The van der Waals surface area contributed by atoms with E-state index in [0.29, 0.717) is 12.3 Å². The van der Waals surface area contributed by atoms with Crippen molar-refractivity contribution in [1.29, 1.82) is 0 Å². The summed E-state index contributed by atoms with van der Waals surface area (Å²) in [5.74, 6) is 2.28. The summed E-state index contributed by atoms with van der Waals surface area (Å²) in [5.41, 5.74) is 4.68. The van der Waals surface area contributed by atoms with E-state index >= 15 is 0 Å². The third-order valence-electron chi connectivity index (χ3n) is 4.56. The standard InChI is InChI=1S/C22H21N5OS/c1-4-13-27-21(16-9-11-17(28-3)12-10-16)25-26-22(27)29-14-20-15(2)23-18-7-5-6-8-19(18)24-20/h4-12H,1,13-14H2,2-3H3. The number of thioether (sulfide) groups is 1. The highest BCUT2D eigenvalue weighted by Gasteiger charge is 2.15. The van der Waals surface area contributed by atoms with Gasteiger partial charge in [0, 0.05) is 17.9 Å². The first-order chi connectivity index (χ1) is 14.2. The molecule has 4 rings (SSSR count). The summed E-state index contributed by atoms with van der Waals surface area (Å²) in [6, 6.07) is 15.7. The van der Waals surface area contributed by atoms with Crippen molar-refractivity contribution in [1.82, 2.24) is 24.7 Å². The lowest BCUT2D eigenvalue weighted by Gasteiger charge is -2.09. The molecule has 0 aliphatic carbocycles. The molecule has 0 saturated carbocycles. The van der Waals surface area contributed by atoms with Gasteiger partial charge in [0.05, 0.1) is 29.5 Å². The second-order valence-electron chi connectivity index (χ2n) is 6.47. The smallest absolute Gasteiger partial charge is 0.192 e. The summed E-state index contributed by atoms with van der Waals surface area (Å²) in [6.45, 7) is 6.49. The Morgan fingerprint density at radius 3 is 2.45 bits per heavy atom. The van der Waals surface area contributed by atoms with Gasteiger partial charge in [0.1, 0.15) is 5.75 Å². The van der Waals surface area contributed by atoms with E-state index in [1.54, 1.807) is 18.9 Å². The van der Waals surface area contributed by atoms with E-state index < -0.39 is 0 Å². The number of fused-ring (bicyclic) bond motifs is 1. The fraction of sp³-hybridized carbons (Fsp3) is 0.182. The molecule has 0 radical (unpaired) electrons. The van der Waals surface area contributed by atoms with Gasteiger partial charge in [-0.2, -0.15) is 0 Å². The lowest BCUT2D eigenvalue weighted by atomic mass is 10.2. The number of methoxy groups -OCH3 is 1. The fourth-order valence-electron chi connectivity index (χ4n) is 3.04. The van der Waals surface area contributed by atoms with Crippen LogP contribution in [0.4, 0.5) is 0 Å². The van der Waals surface area contributed by atoms with E-state index in [-0.39, 0.29) is 0 Å². The van der Waals surface area contributed by atoms with Gasteiger partial charge in [-0.3, -0.25) is 4.57 Å². The molecule has 2 aromatic heterocycles. The Balaban J connectivity index is 1.61. The first-order valence-electron chi connectivity index (χ1n) is 9.23. The van der Waals surface area contributed by atoms with E-state index in [0.717, 1.165) is 44.7 Å². The Hall–Kier alpha value is -3.19. The van der Waals surface area contributed by atoms with E-state index in [1.165, 1.54) is 0 Å². The number of benzene rings is 2. The quantitative estimate of drug-likeness (QED) is 0.330. The highest BCUT2D eigenvalue weighted by atomic mass is 32.2. The number of nitrogens with zero attached hydrogens (tertiary/aromatic N) is 5. The third-order valence-corrected chi connectivity index (χ3v) is 5.54. The molecular weight excluding hydrogens is 382 g/mol. The number of aromatic nitrogens is 5. The number of ether oxygens (including phenoxy) is 1. The third kappa shape index (κ3) is 4.00. The minimum absolute atomic E-state index is 0.624. The molecular formula is C22H21N5OS. The Labute approximate surface area is 173 Å². The van der Waals surface area contributed by atoms with Crippen LogP contribution in [0, 0.1) is 6.92 Å². The molecule has 0 aliphatic rings. The number of aryl methyl sites for hydroxylation is 1. The van der Waals surface area contributed by atoms with Gasteiger partial charge >= 0.3 is 0 Å². The Morgan fingerprint density at radius 1 is 1.03 bits per heavy atom. The van der Waals surface area contributed by atoms with Crippen molar-refractivity contribution < 1.29 is 4.74 Å². The average molecular weight is 404 g/mol. The van der Waals surface area contributed by atoms with Gasteiger partial charge in [-0.25, -0.2) is 9.97 Å². The zero-order chi connectivity index (χ0) is 20.2. The first kappa shape index (κ1) is 19.1. The van der Waals surface area contributed by atoms with Crippen LogP contribution in [0.1, 0.15) is 11.4 Å². The maximum atomic E-state index is 5.24. The molecule has 2 aromatic carbocycles. The molecule has 29 heavy (non-hydrogen) atoms. The SMILES string of the molecule is C=CCn1c(SCc2nc3ccccc3nc2C)nnc1-c1ccc(OC)cc1. The molecule has 0 unspecified atom stereocenters. The first-order valence-corrected chi connectivity index (χ1v) is 10.2. The van der Waals surface area contributed by atoms with Gasteiger partial charge < -0.3 is 4.74 Å². The van der Waals surface area contributed by atoms with Crippen LogP contribution in [0.25, 0.3) is 22.4 Å². The number of allylic oxidation sites excluding steroid dienone is 1. The van der Waals surface area contributed by atoms with E-state index in [9.17, 15) is 0 Å². The van der Waals surface area contributed by atoms with Crippen LogP contribution >= 0.6 is 11.8 Å². The van der Waals surface area contributed by atoms with Gasteiger partial charge in [-0.1, -0.05) is 30.0 Å². The summed E-state index contributed by atoms with van der Waals surface area (Å²) >= 11 is 1.60.